The first kappa shape index (κ1) is 13.5. The molecule has 5 nitrogen and oxygen atoms in total. The monoisotopic (exact) mass is 261 g/mol. The number of aryl methyl sites for hydroxylation is 1. The fraction of sp³-hybridized carbons (Fsp3) is 0.429. The number of anilines is 1. The second kappa shape index (κ2) is 6.33. The smallest absolute Gasteiger partial charge is 0.247 e. The van der Waals surface area contributed by atoms with Crippen LogP contribution in [0, 0.1) is 6.92 Å². The fourth-order valence-electron chi connectivity index (χ4n) is 1.89. The molecule has 0 fully saturated rings. The topological polar surface area (TPSA) is 60.2 Å². The Labute approximate surface area is 113 Å². The molecular weight excluding hydrogens is 242 g/mol. The maximum atomic E-state index is 5.22. The molecule has 0 radical (unpaired) electrons. The Morgan fingerprint density at radius 3 is 2.89 bits per heavy atom. The van der Waals surface area contributed by atoms with Crippen LogP contribution in [0.1, 0.15) is 18.9 Å². The number of nitrogens with zero attached hydrogens (tertiary/aromatic N) is 2. The third kappa shape index (κ3) is 3.32. The van der Waals surface area contributed by atoms with Gasteiger partial charge in [0.25, 0.3) is 0 Å². The first-order valence-corrected chi connectivity index (χ1v) is 6.37. The van der Waals surface area contributed by atoms with Crippen molar-refractivity contribution in [3.05, 3.63) is 30.2 Å². The molecule has 1 aromatic carbocycles. The molecule has 0 aliphatic heterocycles. The predicted octanol–water partition coefficient (Wildman–Crippen LogP) is 2.88. The van der Waals surface area contributed by atoms with E-state index >= 15 is 0 Å². The summed E-state index contributed by atoms with van der Waals surface area (Å²) < 4.78 is 10.4. The molecule has 2 aromatic rings. The van der Waals surface area contributed by atoms with Crippen LogP contribution in [0.3, 0.4) is 0 Å². The van der Waals surface area contributed by atoms with Gasteiger partial charge in [0.05, 0.1) is 6.61 Å². The van der Waals surface area contributed by atoms with Crippen LogP contribution in [-0.4, -0.2) is 30.0 Å². The minimum absolute atomic E-state index is 0.293. The number of methoxy groups -OCH3 is 1. The van der Waals surface area contributed by atoms with Gasteiger partial charge >= 0.3 is 0 Å². The average molecular weight is 261 g/mol. The molecule has 0 amide bonds. The molecule has 0 bridgehead atoms. The van der Waals surface area contributed by atoms with Gasteiger partial charge in [-0.1, -0.05) is 13.0 Å². The molecule has 0 saturated carbocycles. The number of aromatic nitrogens is 2. The SMILES string of the molecule is CCC(COC)Nc1cc(-c2nnco2)ccc1C. The second-order valence-corrected chi connectivity index (χ2v) is 4.48. The van der Waals surface area contributed by atoms with Gasteiger partial charge in [0.15, 0.2) is 0 Å². The van der Waals surface area contributed by atoms with Crippen LogP contribution in [0.5, 0.6) is 0 Å². The Morgan fingerprint density at radius 1 is 1.42 bits per heavy atom. The van der Waals surface area contributed by atoms with Crippen LogP contribution in [0.15, 0.2) is 29.0 Å². The molecule has 1 unspecified atom stereocenters. The Morgan fingerprint density at radius 2 is 2.26 bits per heavy atom. The fourth-order valence-corrected chi connectivity index (χ4v) is 1.89. The van der Waals surface area contributed by atoms with Crippen LogP contribution < -0.4 is 5.32 Å². The molecule has 0 saturated heterocycles. The van der Waals surface area contributed by atoms with E-state index in [2.05, 4.69) is 29.4 Å². The van der Waals surface area contributed by atoms with Crippen molar-refractivity contribution in [1.82, 2.24) is 10.2 Å². The van der Waals surface area contributed by atoms with Crippen LogP contribution in [0.2, 0.25) is 0 Å². The van der Waals surface area contributed by atoms with E-state index in [9.17, 15) is 0 Å². The van der Waals surface area contributed by atoms with E-state index in [1.807, 2.05) is 18.2 Å². The lowest BCUT2D eigenvalue weighted by Crippen LogP contribution is -2.24. The number of hydrogen-bond donors (Lipinski definition) is 1. The summed E-state index contributed by atoms with van der Waals surface area (Å²) in [6.45, 7) is 4.88. The molecule has 1 N–H and O–H groups in total. The third-order valence-corrected chi connectivity index (χ3v) is 3.06. The van der Waals surface area contributed by atoms with E-state index in [1.165, 1.54) is 12.0 Å². The normalized spacial score (nSPS) is 12.4. The molecule has 1 aromatic heterocycles. The summed E-state index contributed by atoms with van der Waals surface area (Å²) in [5.41, 5.74) is 3.16. The van der Waals surface area contributed by atoms with Gasteiger partial charge < -0.3 is 14.5 Å². The summed E-state index contributed by atoms with van der Waals surface area (Å²) >= 11 is 0. The highest BCUT2D eigenvalue weighted by molar-refractivity contribution is 5.64. The predicted molar refractivity (Wildman–Crippen MR) is 74.0 cm³/mol. The van der Waals surface area contributed by atoms with Gasteiger partial charge in [0.2, 0.25) is 12.3 Å². The van der Waals surface area contributed by atoms with Gasteiger partial charge in [-0.15, -0.1) is 10.2 Å². The molecule has 0 spiro atoms. The van der Waals surface area contributed by atoms with E-state index in [4.69, 9.17) is 9.15 Å². The van der Waals surface area contributed by atoms with Crippen LogP contribution in [0.4, 0.5) is 5.69 Å². The third-order valence-electron chi connectivity index (χ3n) is 3.06. The van der Waals surface area contributed by atoms with Crippen molar-refractivity contribution in [2.45, 2.75) is 26.3 Å². The number of rotatable bonds is 6. The van der Waals surface area contributed by atoms with E-state index < -0.39 is 0 Å². The lowest BCUT2D eigenvalue weighted by molar-refractivity contribution is 0.184. The summed E-state index contributed by atoms with van der Waals surface area (Å²) in [5.74, 6) is 0.530. The Kier molecular flexibility index (Phi) is 4.52. The maximum absolute atomic E-state index is 5.22. The number of hydrogen-bond acceptors (Lipinski definition) is 5. The van der Waals surface area contributed by atoms with E-state index in [1.54, 1.807) is 7.11 Å². The van der Waals surface area contributed by atoms with Crippen molar-refractivity contribution in [3.8, 4) is 11.5 Å². The van der Waals surface area contributed by atoms with E-state index in [0.717, 1.165) is 17.7 Å². The van der Waals surface area contributed by atoms with Crippen molar-refractivity contribution < 1.29 is 9.15 Å². The number of nitrogens with one attached hydrogen (secondary N) is 1. The molecule has 0 aliphatic carbocycles. The minimum atomic E-state index is 0.293. The highest BCUT2D eigenvalue weighted by Crippen LogP contribution is 2.24. The highest BCUT2D eigenvalue weighted by Gasteiger charge is 2.10. The van der Waals surface area contributed by atoms with Gasteiger partial charge in [-0.3, -0.25) is 0 Å². The van der Waals surface area contributed by atoms with Crippen molar-refractivity contribution >= 4 is 5.69 Å². The number of ether oxygens (including phenoxy) is 1. The van der Waals surface area contributed by atoms with Crippen molar-refractivity contribution in [1.29, 1.82) is 0 Å². The first-order chi connectivity index (χ1) is 9.24. The maximum Gasteiger partial charge on any atom is 0.247 e. The molecule has 5 heteroatoms. The van der Waals surface area contributed by atoms with Crippen LogP contribution in [0.25, 0.3) is 11.5 Å². The zero-order valence-corrected chi connectivity index (χ0v) is 11.5. The van der Waals surface area contributed by atoms with Crippen LogP contribution >= 0.6 is 0 Å². The molecular formula is C14H19N3O2. The second-order valence-electron chi connectivity index (χ2n) is 4.48. The highest BCUT2D eigenvalue weighted by atomic mass is 16.5. The Balaban J connectivity index is 2.22. The van der Waals surface area contributed by atoms with Crippen LogP contribution in [-0.2, 0) is 4.74 Å². The summed E-state index contributed by atoms with van der Waals surface area (Å²) in [4.78, 5) is 0. The van der Waals surface area contributed by atoms with Crippen molar-refractivity contribution in [2.75, 3.05) is 19.0 Å². The molecule has 1 atom stereocenters. The average Bonchev–Trinajstić information content (AvgIpc) is 2.94. The number of benzene rings is 1. The van der Waals surface area contributed by atoms with Gasteiger partial charge in [-0.05, 0) is 31.0 Å². The zero-order chi connectivity index (χ0) is 13.7. The summed E-state index contributed by atoms with van der Waals surface area (Å²) in [6, 6.07) is 6.34. The van der Waals surface area contributed by atoms with Crippen molar-refractivity contribution in [2.24, 2.45) is 0 Å². The lowest BCUT2D eigenvalue weighted by Gasteiger charge is -2.19. The molecule has 1 heterocycles. The summed E-state index contributed by atoms with van der Waals surface area (Å²) in [7, 11) is 1.71. The summed E-state index contributed by atoms with van der Waals surface area (Å²) in [5, 5.41) is 11.1. The zero-order valence-electron chi connectivity index (χ0n) is 11.5. The largest absolute Gasteiger partial charge is 0.423 e. The Hall–Kier alpha value is -1.88. The summed E-state index contributed by atoms with van der Waals surface area (Å²) in [6.07, 6.45) is 2.33. The quantitative estimate of drug-likeness (QED) is 0.866. The Bertz CT molecular complexity index is 511. The van der Waals surface area contributed by atoms with E-state index in [0.29, 0.717) is 18.5 Å². The van der Waals surface area contributed by atoms with E-state index in [-0.39, 0.29) is 0 Å². The van der Waals surface area contributed by atoms with Gasteiger partial charge in [-0.2, -0.15) is 0 Å². The molecule has 2 rings (SSSR count). The lowest BCUT2D eigenvalue weighted by atomic mass is 10.1. The standard InChI is InChI=1S/C14H19N3O2/c1-4-12(8-18-3)16-13-7-11(6-5-10(13)2)14-17-15-9-19-14/h5-7,9,12,16H,4,8H2,1-3H3. The first-order valence-electron chi connectivity index (χ1n) is 6.37. The molecule has 102 valence electrons. The molecule has 0 aliphatic rings. The van der Waals surface area contributed by atoms with Crippen molar-refractivity contribution in [3.63, 3.8) is 0 Å². The van der Waals surface area contributed by atoms with Gasteiger partial charge in [0, 0.05) is 24.4 Å². The molecule has 19 heavy (non-hydrogen) atoms. The van der Waals surface area contributed by atoms with Gasteiger partial charge in [0.1, 0.15) is 0 Å². The minimum Gasteiger partial charge on any atom is -0.423 e. The van der Waals surface area contributed by atoms with Gasteiger partial charge in [-0.25, -0.2) is 0 Å².